The number of nitrogens with two attached hydrogens (primary N) is 1. The van der Waals surface area contributed by atoms with Gasteiger partial charge in [-0.25, -0.2) is 0 Å². The minimum atomic E-state index is -1.19. The fourth-order valence-corrected chi connectivity index (χ4v) is 4.03. The second-order valence-corrected chi connectivity index (χ2v) is 10.1. The van der Waals surface area contributed by atoms with E-state index in [-0.39, 0.29) is 37.4 Å². The van der Waals surface area contributed by atoms with Gasteiger partial charge in [0.1, 0.15) is 18.3 Å². The van der Waals surface area contributed by atoms with Crippen LogP contribution in [0.4, 0.5) is 0 Å². The highest BCUT2D eigenvalue weighted by atomic mass is 35.5. The van der Waals surface area contributed by atoms with Crippen molar-refractivity contribution in [2.45, 2.75) is 70.8 Å². The number of rotatable bonds is 8. The van der Waals surface area contributed by atoms with Crippen molar-refractivity contribution in [3.63, 3.8) is 0 Å². The summed E-state index contributed by atoms with van der Waals surface area (Å²) in [6.45, 7) is 7.72. The molecule has 4 atom stereocenters. The standard InChI is InChI=1S/C23H45N3O6S.ClH/c1-17(2)7-13-32-21-15-26(18(3)27)11-10-25(23(30)19(24)8-14-33-4)9-5-6-12-31-16-20(28)22(21)29;/h17,19-22,28-29H,5-16,24H2,1-4H3;1H/t19-,20+,21+,22+;/m0./s1. The summed E-state index contributed by atoms with van der Waals surface area (Å²) in [5.74, 6) is 0.939. The van der Waals surface area contributed by atoms with Gasteiger partial charge >= 0.3 is 0 Å². The first-order chi connectivity index (χ1) is 15.7. The second kappa shape index (κ2) is 18.6. The van der Waals surface area contributed by atoms with Crippen molar-refractivity contribution in [1.29, 1.82) is 0 Å². The van der Waals surface area contributed by atoms with E-state index >= 15 is 0 Å². The lowest BCUT2D eigenvalue weighted by Crippen LogP contribution is -2.52. The lowest BCUT2D eigenvalue weighted by Gasteiger charge is -2.34. The first kappa shape index (κ1) is 33.4. The summed E-state index contributed by atoms with van der Waals surface area (Å²) in [6.07, 6.45) is 1.74. The van der Waals surface area contributed by atoms with Crippen molar-refractivity contribution in [3.05, 3.63) is 0 Å². The number of halogens is 1. The van der Waals surface area contributed by atoms with E-state index in [0.717, 1.165) is 18.6 Å². The lowest BCUT2D eigenvalue weighted by atomic mass is 10.1. The summed E-state index contributed by atoms with van der Waals surface area (Å²) in [5, 5.41) is 21.1. The predicted molar refractivity (Wildman–Crippen MR) is 138 cm³/mol. The van der Waals surface area contributed by atoms with Crippen LogP contribution < -0.4 is 5.73 Å². The molecule has 0 aromatic rings. The summed E-state index contributed by atoms with van der Waals surface area (Å²) in [5.41, 5.74) is 6.13. The molecule has 1 rings (SSSR count). The number of carbonyl (C=O) groups is 2. The topological polar surface area (TPSA) is 126 Å². The lowest BCUT2D eigenvalue weighted by molar-refractivity contribution is -0.142. The molecule has 11 heteroatoms. The van der Waals surface area contributed by atoms with Crippen LogP contribution in [0.2, 0.25) is 0 Å². The number of amides is 2. The van der Waals surface area contributed by atoms with Gasteiger partial charge in [0.05, 0.1) is 12.6 Å². The highest BCUT2D eigenvalue weighted by Gasteiger charge is 2.31. The highest BCUT2D eigenvalue weighted by molar-refractivity contribution is 7.98. The van der Waals surface area contributed by atoms with Gasteiger partial charge in [-0.3, -0.25) is 9.59 Å². The Morgan fingerprint density at radius 3 is 2.44 bits per heavy atom. The second-order valence-electron chi connectivity index (χ2n) is 9.11. The number of ether oxygens (including phenoxy) is 2. The van der Waals surface area contributed by atoms with Crippen molar-refractivity contribution < 1.29 is 29.3 Å². The number of aliphatic hydroxyl groups is 2. The Morgan fingerprint density at radius 1 is 1.15 bits per heavy atom. The van der Waals surface area contributed by atoms with Gasteiger partial charge in [0, 0.05) is 46.3 Å². The third-order valence-corrected chi connectivity index (χ3v) is 6.45. The predicted octanol–water partition coefficient (Wildman–Crippen LogP) is 1.13. The number of hydrogen-bond donors (Lipinski definition) is 3. The normalized spacial score (nSPS) is 24.3. The third-order valence-electron chi connectivity index (χ3n) is 5.80. The number of aliphatic hydroxyl groups excluding tert-OH is 2. The van der Waals surface area contributed by atoms with E-state index in [1.807, 2.05) is 6.26 Å². The Hall–Kier alpha value is -0.620. The maximum atomic E-state index is 12.9. The van der Waals surface area contributed by atoms with Gasteiger partial charge in [0.25, 0.3) is 0 Å². The van der Waals surface area contributed by atoms with E-state index in [9.17, 15) is 19.8 Å². The first-order valence-electron chi connectivity index (χ1n) is 12.0. The molecule has 1 aliphatic heterocycles. The van der Waals surface area contributed by atoms with Gasteiger partial charge in [-0.2, -0.15) is 11.8 Å². The van der Waals surface area contributed by atoms with Crippen LogP contribution in [0.3, 0.4) is 0 Å². The number of carbonyl (C=O) groups excluding carboxylic acids is 2. The Balaban J connectivity index is 0.0000109. The van der Waals surface area contributed by atoms with E-state index in [1.165, 1.54) is 6.92 Å². The molecular weight excluding hydrogens is 482 g/mol. The molecule has 4 N–H and O–H groups in total. The van der Waals surface area contributed by atoms with E-state index in [0.29, 0.717) is 51.6 Å². The zero-order chi connectivity index (χ0) is 24.8. The van der Waals surface area contributed by atoms with Crippen LogP contribution in [0.1, 0.15) is 46.5 Å². The van der Waals surface area contributed by atoms with Crippen LogP contribution >= 0.6 is 24.2 Å². The van der Waals surface area contributed by atoms with Gasteiger partial charge < -0.3 is 35.2 Å². The van der Waals surface area contributed by atoms with Crippen molar-refractivity contribution >= 4 is 36.0 Å². The Kier molecular flexibility index (Phi) is 18.3. The fraction of sp³-hybridized carbons (Fsp3) is 0.913. The molecule has 0 unspecified atom stereocenters. The van der Waals surface area contributed by atoms with Gasteiger partial charge in [-0.1, -0.05) is 13.8 Å². The Morgan fingerprint density at radius 2 is 1.82 bits per heavy atom. The van der Waals surface area contributed by atoms with E-state index in [4.69, 9.17) is 15.2 Å². The molecular formula is C23H46ClN3O6S. The molecule has 1 heterocycles. The van der Waals surface area contributed by atoms with Crippen molar-refractivity contribution in [1.82, 2.24) is 9.80 Å². The van der Waals surface area contributed by atoms with Crippen LogP contribution in [0.25, 0.3) is 0 Å². The average molecular weight is 528 g/mol. The average Bonchev–Trinajstić information content (AvgIpc) is 2.77. The summed E-state index contributed by atoms with van der Waals surface area (Å²) >= 11 is 1.65. The summed E-state index contributed by atoms with van der Waals surface area (Å²) in [6, 6.07) is -0.567. The minimum absolute atomic E-state index is 0. The monoisotopic (exact) mass is 527 g/mol. The van der Waals surface area contributed by atoms with Crippen LogP contribution in [0.5, 0.6) is 0 Å². The van der Waals surface area contributed by atoms with Crippen LogP contribution in [0.15, 0.2) is 0 Å². The molecule has 0 aromatic heterocycles. The first-order valence-corrected chi connectivity index (χ1v) is 13.4. The highest BCUT2D eigenvalue weighted by Crippen LogP contribution is 2.13. The minimum Gasteiger partial charge on any atom is -0.388 e. The molecule has 1 saturated heterocycles. The number of nitrogens with zero attached hydrogens (tertiary/aromatic N) is 2. The van der Waals surface area contributed by atoms with E-state index < -0.39 is 24.4 Å². The summed E-state index contributed by atoms with van der Waals surface area (Å²) in [4.78, 5) is 28.6. The zero-order valence-electron chi connectivity index (χ0n) is 21.2. The van der Waals surface area contributed by atoms with Gasteiger partial charge in [-0.15, -0.1) is 12.4 Å². The Labute approximate surface area is 215 Å². The smallest absolute Gasteiger partial charge is 0.239 e. The van der Waals surface area contributed by atoms with Gasteiger partial charge in [0.2, 0.25) is 11.8 Å². The summed E-state index contributed by atoms with van der Waals surface area (Å²) in [7, 11) is 0. The molecule has 2 amide bonds. The molecule has 0 bridgehead atoms. The van der Waals surface area contributed by atoms with Crippen molar-refractivity contribution in [2.75, 3.05) is 58.0 Å². The largest absolute Gasteiger partial charge is 0.388 e. The van der Waals surface area contributed by atoms with Crippen LogP contribution in [-0.2, 0) is 19.1 Å². The van der Waals surface area contributed by atoms with Gasteiger partial charge in [0.15, 0.2) is 0 Å². The Bertz CT molecular complexity index is 575. The molecule has 0 spiro atoms. The number of hydrogen-bond acceptors (Lipinski definition) is 8. The SMILES string of the molecule is CSCC[C@H](N)C(=O)N1CCCCOC[C@@H](O)[C@@H](O)[C@H](OCCC(C)C)CN(C(C)=O)CC1.Cl. The maximum absolute atomic E-state index is 12.9. The third kappa shape index (κ3) is 12.9. The molecule has 34 heavy (non-hydrogen) atoms. The van der Waals surface area contributed by atoms with E-state index in [2.05, 4.69) is 13.8 Å². The van der Waals surface area contributed by atoms with E-state index in [1.54, 1.807) is 21.6 Å². The molecule has 9 nitrogen and oxygen atoms in total. The molecule has 1 fully saturated rings. The molecule has 202 valence electrons. The maximum Gasteiger partial charge on any atom is 0.239 e. The zero-order valence-corrected chi connectivity index (χ0v) is 22.8. The molecule has 0 aliphatic carbocycles. The van der Waals surface area contributed by atoms with Crippen LogP contribution in [-0.4, -0.2) is 114 Å². The molecule has 0 aromatic carbocycles. The fourth-order valence-electron chi connectivity index (χ4n) is 3.54. The molecule has 0 radical (unpaired) electrons. The van der Waals surface area contributed by atoms with Crippen molar-refractivity contribution in [3.8, 4) is 0 Å². The molecule has 1 aliphatic rings. The van der Waals surface area contributed by atoms with Crippen LogP contribution in [0, 0.1) is 5.92 Å². The quantitative estimate of drug-likeness (QED) is 0.429. The molecule has 0 saturated carbocycles. The summed E-state index contributed by atoms with van der Waals surface area (Å²) < 4.78 is 11.5. The van der Waals surface area contributed by atoms with Crippen molar-refractivity contribution in [2.24, 2.45) is 11.7 Å². The number of thioether (sulfide) groups is 1. The van der Waals surface area contributed by atoms with Gasteiger partial charge in [-0.05, 0) is 43.6 Å².